The summed E-state index contributed by atoms with van der Waals surface area (Å²) < 4.78 is 14.0. The van der Waals surface area contributed by atoms with Crippen molar-refractivity contribution in [3.63, 3.8) is 0 Å². The van der Waals surface area contributed by atoms with Crippen molar-refractivity contribution in [2.24, 2.45) is 5.41 Å². The molecule has 1 aliphatic heterocycles. The molecule has 0 spiro atoms. The van der Waals surface area contributed by atoms with Gasteiger partial charge in [0.05, 0.1) is 11.6 Å². The first kappa shape index (κ1) is 16.8. The van der Waals surface area contributed by atoms with Crippen LogP contribution in [0.3, 0.4) is 0 Å². The average molecular weight is 352 g/mol. The number of aromatic hydroxyl groups is 1. The number of hydrogen-bond acceptors (Lipinski definition) is 4. The van der Waals surface area contributed by atoms with Crippen LogP contribution in [0, 0.1) is 11.2 Å². The molecule has 1 aromatic carbocycles. The maximum Gasteiger partial charge on any atom is 0.162 e. The van der Waals surface area contributed by atoms with E-state index in [1.165, 1.54) is 12.3 Å². The number of nitrogens with one attached hydrogen (secondary N) is 1. The Morgan fingerprint density at radius 3 is 2.69 bits per heavy atom. The monoisotopic (exact) mass is 352 g/mol. The first-order chi connectivity index (χ1) is 12.2. The van der Waals surface area contributed by atoms with Crippen LogP contribution in [0.5, 0.6) is 5.75 Å². The SMILES string of the molecule is CC1(C)CC(=O)C2=C(C1)Nc1ncc(F)cc1C2(C)c1cccc(O)c1. The topological polar surface area (TPSA) is 62.2 Å². The number of nitrogens with zero attached hydrogens (tertiary/aromatic N) is 1. The van der Waals surface area contributed by atoms with Gasteiger partial charge in [-0.3, -0.25) is 4.79 Å². The second kappa shape index (κ2) is 5.40. The van der Waals surface area contributed by atoms with Gasteiger partial charge >= 0.3 is 0 Å². The molecule has 0 bridgehead atoms. The summed E-state index contributed by atoms with van der Waals surface area (Å²) in [4.78, 5) is 17.4. The molecule has 0 saturated carbocycles. The van der Waals surface area contributed by atoms with Crippen molar-refractivity contribution < 1.29 is 14.3 Å². The number of allylic oxidation sites excluding steroid dienone is 2. The standard InChI is InChI=1S/C21H21FN2O2/c1-20(2)9-16-18(17(26)10-20)21(3,12-5-4-6-14(25)7-12)15-8-13(22)11-23-19(15)24-16/h4-8,11,25H,9-10H2,1-3H3,(H,23,24). The molecule has 1 aliphatic carbocycles. The highest BCUT2D eigenvalue weighted by molar-refractivity contribution is 6.02. The van der Waals surface area contributed by atoms with E-state index in [1.807, 2.05) is 13.0 Å². The zero-order valence-corrected chi connectivity index (χ0v) is 15.1. The van der Waals surface area contributed by atoms with Gasteiger partial charge in [-0.25, -0.2) is 9.37 Å². The molecule has 2 N–H and O–H groups in total. The first-order valence-electron chi connectivity index (χ1n) is 8.70. The maximum atomic E-state index is 14.0. The Hall–Kier alpha value is -2.69. The molecule has 2 aromatic rings. The fourth-order valence-corrected chi connectivity index (χ4v) is 4.32. The highest BCUT2D eigenvalue weighted by atomic mass is 19.1. The van der Waals surface area contributed by atoms with Crippen LogP contribution in [-0.4, -0.2) is 15.9 Å². The van der Waals surface area contributed by atoms with Crippen molar-refractivity contribution in [2.75, 3.05) is 5.32 Å². The van der Waals surface area contributed by atoms with Crippen molar-refractivity contribution in [3.8, 4) is 5.75 Å². The molecule has 2 aliphatic rings. The quantitative estimate of drug-likeness (QED) is 0.803. The van der Waals surface area contributed by atoms with Gasteiger partial charge in [0, 0.05) is 23.3 Å². The molecular formula is C21H21FN2O2. The third-order valence-electron chi connectivity index (χ3n) is 5.46. The van der Waals surface area contributed by atoms with E-state index in [1.54, 1.807) is 18.2 Å². The van der Waals surface area contributed by atoms with E-state index in [4.69, 9.17) is 0 Å². The van der Waals surface area contributed by atoms with E-state index in [0.717, 1.165) is 11.3 Å². The minimum atomic E-state index is -0.878. The molecule has 0 saturated heterocycles. The largest absolute Gasteiger partial charge is 0.508 e. The lowest BCUT2D eigenvalue weighted by Crippen LogP contribution is -2.42. The molecule has 134 valence electrons. The summed E-state index contributed by atoms with van der Waals surface area (Å²) in [6.07, 6.45) is 2.32. The molecule has 26 heavy (non-hydrogen) atoms. The summed E-state index contributed by atoms with van der Waals surface area (Å²) in [5.41, 5.74) is 1.80. The second-order valence-electron chi connectivity index (χ2n) is 8.14. The average Bonchev–Trinajstić information content (AvgIpc) is 2.54. The molecule has 0 fully saturated rings. The molecule has 0 amide bonds. The van der Waals surface area contributed by atoms with Crippen LogP contribution in [0.2, 0.25) is 0 Å². The van der Waals surface area contributed by atoms with Crippen LogP contribution >= 0.6 is 0 Å². The van der Waals surface area contributed by atoms with Crippen LogP contribution in [-0.2, 0) is 10.2 Å². The van der Waals surface area contributed by atoms with E-state index in [-0.39, 0.29) is 16.9 Å². The second-order valence-corrected chi connectivity index (χ2v) is 8.14. The third kappa shape index (κ3) is 2.42. The number of rotatable bonds is 1. The number of pyridine rings is 1. The zero-order chi connectivity index (χ0) is 18.7. The predicted molar refractivity (Wildman–Crippen MR) is 97.4 cm³/mol. The normalized spacial score (nSPS) is 23.9. The number of phenols is 1. The number of halogens is 1. The summed E-state index contributed by atoms with van der Waals surface area (Å²) >= 11 is 0. The van der Waals surface area contributed by atoms with Crippen LogP contribution in [0.15, 0.2) is 47.8 Å². The van der Waals surface area contributed by atoms with Crippen LogP contribution in [0.4, 0.5) is 10.2 Å². The summed E-state index contributed by atoms with van der Waals surface area (Å²) in [7, 11) is 0. The van der Waals surface area contributed by atoms with Gasteiger partial charge in [0.15, 0.2) is 5.78 Å². The number of Topliss-reactive ketones (excluding diaryl/α,β-unsaturated/α-hetero) is 1. The maximum absolute atomic E-state index is 14.0. The Bertz CT molecular complexity index is 964. The minimum absolute atomic E-state index is 0.0458. The Labute approximate surface area is 151 Å². The Morgan fingerprint density at radius 2 is 1.96 bits per heavy atom. The highest BCUT2D eigenvalue weighted by Crippen LogP contribution is 2.52. The Morgan fingerprint density at radius 1 is 1.19 bits per heavy atom. The lowest BCUT2D eigenvalue weighted by Gasteiger charge is -2.44. The van der Waals surface area contributed by atoms with Crippen LogP contribution in [0.1, 0.15) is 44.7 Å². The molecule has 4 rings (SSSR count). The summed E-state index contributed by atoms with van der Waals surface area (Å²) in [6, 6.07) is 8.24. The smallest absolute Gasteiger partial charge is 0.162 e. The molecule has 1 aromatic heterocycles. The van der Waals surface area contributed by atoms with Crippen molar-refractivity contribution in [2.45, 2.75) is 39.0 Å². The number of carbonyl (C=O) groups is 1. The fraction of sp³-hybridized carbons (Fsp3) is 0.333. The summed E-state index contributed by atoms with van der Waals surface area (Å²) in [5.74, 6) is 0.259. The Kier molecular flexibility index (Phi) is 3.48. The lowest BCUT2D eigenvalue weighted by atomic mass is 9.62. The van der Waals surface area contributed by atoms with Gasteiger partial charge in [0.25, 0.3) is 0 Å². The molecule has 2 heterocycles. The summed E-state index contributed by atoms with van der Waals surface area (Å²) in [6.45, 7) is 6.04. The molecular weight excluding hydrogens is 331 g/mol. The summed E-state index contributed by atoms with van der Waals surface area (Å²) in [5, 5.41) is 13.3. The predicted octanol–water partition coefficient (Wildman–Crippen LogP) is 4.30. The highest BCUT2D eigenvalue weighted by Gasteiger charge is 2.48. The fourth-order valence-electron chi connectivity index (χ4n) is 4.32. The van der Waals surface area contributed by atoms with Gasteiger partial charge in [0.2, 0.25) is 0 Å². The number of ketones is 1. The van der Waals surface area contributed by atoms with E-state index in [0.29, 0.717) is 29.8 Å². The number of anilines is 1. The van der Waals surface area contributed by atoms with Crippen molar-refractivity contribution >= 4 is 11.6 Å². The van der Waals surface area contributed by atoms with Crippen molar-refractivity contribution in [1.29, 1.82) is 0 Å². The van der Waals surface area contributed by atoms with Gasteiger partial charge < -0.3 is 10.4 Å². The van der Waals surface area contributed by atoms with Gasteiger partial charge in [-0.05, 0) is 42.5 Å². The van der Waals surface area contributed by atoms with Crippen molar-refractivity contribution in [1.82, 2.24) is 4.98 Å². The number of aromatic nitrogens is 1. The van der Waals surface area contributed by atoms with Crippen LogP contribution < -0.4 is 5.32 Å². The number of benzene rings is 1. The van der Waals surface area contributed by atoms with Crippen LogP contribution in [0.25, 0.3) is 0 Å². The molecule has 5 heteroatoms. The molecule has 1 atom stereocenters. The van der Waals surface area contributed by atoms with Gasteiger partial charge in [-0.15, -0.1) is 0 Å². The van der Waals surface area contributed by atoms with E-state index < -0.39 is 11.2 Å². The zero-order valence-electron chi connectivity index (χ0n) is 15.1. The molecule has 1 unspecified atom stereocenters. The Balaban J connectivity index is 2.04. The number of fused-ring (bicyclic) bond motifs is 1. The van der Waals surface area contributed by atoms with Gasteiger partial charge in [0.1, 0.15) is 17.4 Å². The number of carbonyl (C=O) groups excluding carboxylic acids is 1. The minimum Gasteiger partial charge on any atom is -0.508 e. The third-order valence-corrected chi connectivity index (χ3v) is 5.46. The van der Waals surface area contributed by atoms with Gasteiger partial charge in [-0.2, -0.15) is 0 Å². The lowest BCUT2D eigenvalue weighted by molar-refractivity contribution is -0.118. The number of phenolic OH excluding ortho intramolecular Hbond substituents is 1. The first-order valence-corrected chi connectivity index (χ1v) is 8.70. The van der Waals surface area contributed by atoms with E-state index in [9.17, 15) is 14.3 Å². The molecule has 4 nitrogen and oxygen atoms in total. The van der Waals surface area contributed by atoms with E-state index in [2.05, 4.69) is 24.1 Å². The van der Waals surface area contributed by atoms with Gasteiger partial charge in [-0.1, -0.05) is 26.0 Å². The molecule has 0 radical (unpaired) electrons. The van der Waals surface area contributed by atoms with E-state index >= 15 is 0 Å². The number of hydrogen-bond donors (Lipinski definition) is 2. The van der Waals surface area contributed by atoms with Crippen molar-refractivity contribution in [3.05, 3.63) is 64.7 Å².